The van der Waals surface area contributed by atoms with Crippen LogP contribution in [0.3, 0.4) is 0 Å². The zero-order valence-corrected chi connectivity index (χ0v) is 35.5. The number of amides is 1. The second-order valence-corrected chi connectivity index (χ2v) is 19.8. The van der Waals surface area contributed by atoms with Crippen molar-refractivity contribution in [1.82, 2.24) is 5.32 Å². The van der Waals surface area contributed by atoms with Crippen LogP contribution in [0.2, 0.25) is 0 Å². The summed E-state index contributed by atoms with van der Waals surface area (Å²) in [5.74, 6) is 4.96. The van der Waals surface area contributed by atoms with Crippen molar-refractivity contribution in [2.45, 2.75) is 131 Å². The van der Waals surface area contributed by atoms with Gasteiger partial charge < -0.3 is 43.5 Å². The molecule has 0 aliphatic heterocycles. The van der Waals surface area contributed by atoms with Gasteiger partial charge >= 0.3 is 13.7 Å². The molecule has 4 aliphatic carbocycles. The number of rotatable bonds is 25. The van der Waals surface area contributed by atoms with Crippen LogP contribution >= 0.6 is 7.60 Å². The van der Waals surface area contributed by atoms with Gasteiger partial charge in [-0.1, -0.05) is 72.5 Å². The fourth-order valence-corrected chi connectivity index (χ4v) is 11.1. The molecule has 3 fully saturated rings. The zero-order valence-electron chi connectivity index (χ0n) is 34.6. The molecule has 54 heavy (non-hydrogen) atoms. The van der Waals surface area contributed by atoms with Crippen LogP contribution in [-0.2, 0) is 32.8 Å². The van der Waals surface area contributed by atoms with Crippen LogP contribution in [0, 0.1) is 46.3 Å². The zero-order chi connectivity index (χ0) is 39.2. The van der Waals surface area contributed by atoms with E-state index in [0.717, 1.165) is 54.8 Å². The molecule has 0 saturated heterocycles. The lowest BCUT2D eigenvalue weighted by Crippen LogP contribution is -2.51. The summed E-state index contributed by atoms with van der Waals surface area (Å²) in [4.78, 5) is 22.0. The van der Waals surface area contributed by atoms with E-state index >= 15 is 0 Å². The molecule has 0 heterocycles. The Morgan fingerprint density at radius 2 is 1.57 bits per heavy atom. The third kappa shape index (κ3) is 13.3. The van der Waals surface area contributed by atoms with Crippen LogP contribution in [0.1, 0.15) is 119 Å². The lowest BCUT2D eigenvalue weighted by molar-refractivity contribution is -0.0581. The minimum Gasteiger partial charge on any atom is -0.446 e. The molecule has 7 unspecified atom stereocenters. The van der Waals surface area contributed by atoms with Crippen molar-refractivity contribution in [2.24, 2.45) is 46.3 Å². The standard InChI is InChI=1S/C42H76NO10P/c1-7-54(46,47)52-30-34(44)29-51-27-26-50-25-24-49-23-22-48-21-9-20-43-40(45)53-35-16-18-41(5)33(28-35)12-13-36-38-15-14-37(32(4)11-8-10-31(2)3)42(38,6)19-17-39(36)41/h12,31-32,34-39,44H,7-11,13-30H2,1-6H3,(H,43,45)(H,46,47)/t32-,34?,35?,36?,37?,38?,39?,41-,42+/m0/s1. The number of carbonyl (C=O) groups excluding carboxylic acids is 1. The van der Waals surface area contributed by atoms with Gasteiger partial charge in [0.05, 0.1) is 52.9 Å². The van der Waals surface area contributed by atoms with Crippen molar-refractivity contribution in [2.75, 3.05) is 72.2 Å². The second-order valence-electron chi connectivity index (χ2n) is 17.7. The van der Waals surface area contributed by atoms with Gasteiger partial charge in [0.25, 0.3) is 0 Å². The molecule has 3 saturated carbocycles. The molecular formula is C42H76NO10P. The second kappa shape index (κ2) is 22.2. The first-order valence-electron chi connectivity index (χ1n) is 21.4. The molecule has 0 aromatic carbocycles. The number of hydrogen-bond donors (Lipinski definition) is 3. The number of fused-ring (bicyclic) bond motifs is 5. The maximum absolute atomic E-state index is 12.7. The van der Waals surface area contributed by atoms with E-state index in [-0.39, 0.29) is 43.6 Å². The Morgan fingerprint density at radius 3 is 2.26 bits per heavy atom. The number of hydrogen-bond acceptors (Lipinski definition) is 9. The SMILES string of the molecule is CCP(=O)(O)OCC(O)COCCOCCOCCOCCCNC(=O)OC1CC[C@@]2(C)C(=CCC3C4CCC([C@@H](C)CCCC(C)C)[C@@]4(C)CCC32)C1. The minimum atomic E-state index is -3.61. The van der Waals surface area contributed by atoms with Crippen LogP contribution in [0.5, 0.6) is 0 Å². The summed E-state index contributed by atoms with van der Waals surface area (Å²) in [5, 5.41) is 12.6. The van der Waals surface area contributed by atoms with Crippen molar-refractivity contribution < 1.29 is 47.6 Å². The Hall–Kier alpha value is -1.04. The first-order valence-corrected chi connectivity index (χ1v) is 23.1. The van der Waals surface area contributed by atoms with Gasteiger partial charge in [-0.3, -0.25) is 4.57 Å². The number of carbonyl (C=O) groups is 1. The number of aliphatic hydroxyl groups excluding tert-OH is 1. The van der Waals surface area contributed by atoms with E-state index in [1.54, 1.807) is 12.5 Å². The van der Waals surface area contributed by atoms with Gasteiger partial charge in [-0.05, 0) is 97.7 Å². The third-order valence-electron chi connectivity index (χ3n) is 13.6. The first kappa shape index (κ1) is 45.7. The molecule has 314 valence electrons. The molecule has 12 heteroatoms. The number of nitrogens with one attached hydrogen (secondary N) is 1. The summed E-state index contributed by atoms with van der Waals surface area (Å²) >= 11 is 0. The van der Waals surface area contributed by atoms with E-state index in [9.17, 15) is 19.4 Å². The van der Waals surface area contributed by atoms with Gasteiger partial charge in [0.15, 0.2) is 0 Å². The Morgan fingerprint density at radius 1 is 0.889 bits per heavy atom. The fraction of sp³-hybridized carbons (Fsp3) is 0.929. The molecule has 4 rings (SSSR count). The predicted molar refractivity (Wildman–Crippen MR) is 212 cm³/mol. The maximum Gasteiger partial charge on any atom is 0.407 e. The van der Waals surface area contributed by atoms with Gasteiger partial charge in [0.1, 0.15) is 12.2 Å². The van der Waals surface area contributed by atoms with E-state index in [0.29, 0.717) is 58.0 Å². The summed E-state index contributed by atoms with van der Waals surface area (Å²) in [6, 6.07) is 0. The van der Waals surface area contributed by atoms with Crippen LogP contribution in [-0.4, -0.2) is 100 Å². The average molecular weight is 786 g/mol. The van der Waals surface area contributed by atoms with Gasteiger partial charge in [0.2, 0.25) is 0 Å². The smallest absolute Gasteiger partial charge is 0.407 e. The monoisotopic (exact) mass is 786 g/mol. The highest BCUT2D eigenvalue weighted by molar-refractivity contribution is 7.52. The molecule has 10 atom stereocenters. The topological polar surface area (TPSA) is 142 Å². The Labute approximate surface area is 326 Å². The molecule has 1 amide bonds. The normalized spacial score (nSPS) is 31.5. The molecule has 3 N–H and O–H groups in total. The Balaban J connectivity index is 1.02. The number of aliphatic hydroxyl groups is 1. The third-order valence-corrected chi connectivity index (χ3v) is 14.9. The lowest BCUT2D eigenvalue weighted by atomic mass is 9.47. The van der Waals surface area contributed by atoms with Crippen molar-refractivity contribution in [3.8, 4) is 0 Å². The summed E-state index contributed by atoms with van der Waals surface area (Å²) in [6.45, 7) is 17.2. The quantitative estimate of drug-likeness (QED) is 0.0472. The molecule has 11 nitrogen and oxygen atoms in total. The van der Waals surface area contributed by atoms with E-state index in [2.05, 4.69) is 46.0 Å². The lowest BCUT2D eigenvalue weighted by Gasteiger charge is -2.58. The molecule has 0 aromatic heterocycles. The highest BCUT2D eigenvalue weighted by atomic mass is 31.2. The molecule has 0 radical (unpaired) electrons. The van der Waals surface area contributed by atoms with Crippen LogP contribution < -0.4 is 5.32 Å². The molecular weight excluding hydrogens is 709 g/mol. The molecule has 0 aromatic rings. The Bertz CT molecular complexity index is 1200. The molecule has 4 aliphatic rings. The van der Waals surface area contributed by atoms with Crippen molar-refractivity contribution in [3.63, 3.8) is 0 Å². The summed E-state index contributed by atoms with van der Waals surface area (Å²) < 4.78 is 44.0. The fourth-order valence-electron chi connectivity index (χ4n) is 10.5. The number of allylic oxidation sites excluding steroid dienone is 1. The highest BCUT2D eigenvalue weighted by Crippen LogP contribution is 2.67. The number of alkyl carbamates (subject to hydrolysis) is 1. The van der Waals surface area contributed by atoms with Gasteiger partial charge in [-0.2, -0.15) is 0 Å². The molecule has 0 spiro atoms. The van der Waals surface area contributed by atoms with E-state index in [1.807, 2.05) is 0 Å². The van der Waals surface area contributed by atoms with E-state index in [4.69, 9.17) is 28.2 Å². The van der Waals surface area contributed by atoms with E-state index < -0.39 is 13.7 Å². The minimum absolute atomic E-state index is 0.00323. The summed E-state index contributed by atoms with van der Waals surface area (Å²) in [7, 11) is -3.61. The first-order chi connectivity index (χ1) is 25.8. The average Bonchev–Trinajstić information content (AvgIpc) is 3.49. The van der Waals surface area contributed by atoms with Gasteiger partial charge in [-0.25, -0.2) is 4.79 Å². The summed E-state index contributed by atoms with van der Waals surface area (Å²) in [5.41, 5.74) is 2.30. The predicted octanol–water partition coefficient (Wildman–Crippen LogP) is 8.16. The van der Waals surface area contributed by atoms with Crippen molar-refractivity contribution >= 4 is 13.7 Å². The van der Waals surface area contributed by atoms with Crippen molar-refractivity contribution in [3.05, 3.63) is 11.6 Å². The summed E-state index contributed by atoms with van der Waals surface area (Å²) in [6.07, 6.45) is 15.8. The van der Waals surface area contributed by atoms with Gasteiger partial charge in [0, 0.05) is 25.7 Å². The number of ether oxygens (including phenoxy) is 5. The van der Waals surface area contributed by atoms with Crippen molar-refractivity contribution in [1.29, 1.82) is 0 Å². The highest BCUT2D eigenvalue weighted by Gasteiger charge is 2.59. The maximum atomic E-state index is 12.7. The molecule has 0 bridgehead atoms. The largest absolute Gasteiger partial charge is 0.446 e. The Kier molecular flexibility index (Phi) is 18.8. The van der Waals surface area contributed by atoms with E-state index in [1.165, 1.54) is 51.4 Å². The van der Waals surface area contributed by atoms with Crippen LogP contribution in [0.4, 0.5) is 4.79 Å². The van der Waals surface area contributed by atoms with Crippen LogP contribution in [0.25, 0.3) is 0 Å². The van der Waals surface area contributed by atoms with Gasteiger partial charge in [-0.15, -0.1) is 0 Å². The van der Waals surface area contributed by atoms with Crippen LogP contribution in [0.15, 0.2) is 11.6 Å².